The number of hydrogen-bond acceptors (Lipinski definition) is 3. The van der Waals surface area contributed by atoms with Crippen molar-refractivity contribution in [3.05, 3.63) is 51.7 Å². The lowest BCUT2D eigenvalue weighted by molar-refractivity contribution is 1.01. The van der Waals surface area contributed by atoms with Gasteiger partial charge in [0, 0.05) is 0 Å². The summed E-state index contributed by atoms with van der Waals surface area (Å²) >= 11 is 7.59. The number of hydrogen-bond donors (Lipinski definition) is 1. The van der Waals surface area contributed by atoms with Crippen molar-refractivity contribution < 1.29 is 0 Å². The van der Waals surface area contributed by atoms with Crippen LogP contribution in [0.15, 0.2) is 41.1 Å². The summed E-state index contributed by atoms with van der Waals surface area (Å²) in [6.45, 7) is 0. The van der Waals surface area contributed by atoms with Gasteiger partial charge in [-0.25, -0.2) is 0 Å². The molecule has 0 aliphatic rings. The molecule has 16 heavy (non-hydrogen) atoms. The van der Waals surface area contributed by atoms with Crippen LogP contribution in [-0.2, 0) is 0 Å². The molecule has 0 fully saturated rings. The summed E-state index contributed by atoms with van der Waals surface area (Å²) in [5, 5.41) is 16.7. The molecule has 2 rings (SSSR count). The molecule has 0 spiro atoms. The summed E-state index contributed by atoms with van der Waals surface area (Å²) in [6.07, 6.45) is 0. The van der Waals surface area contributed by atoms with Gasteiger partial charge in [0.05, 0.1) is 16.8 Å². The lowest BCUT2D eigenvalue weighted by Gasteiger charge is -2.12. The standard InChI is InChI=1S/C12H9ClN2S/c13-10-3-1-2-4-11(10)15-12(7-14)9-5-6-16-8-9/h1-6,8,12,15H. The Labute approximate surface area is 103 Å². The van der Waals surface area contributed by atoms with E-state index in [9.17, 15) is 0 Å². The molecule has 0 aliphatic heterocycles. The van der Waals surface area contributed by atoms with Gasteiger partial charge in [0.1, 0.15) is 6.04 Å². The van der Waals surface area contributed by atoms with Gasteiger partial charge in [-0.05, 0) is 34.5 Å². The van der Waals surface area contributed by atoms with Crippen molar-refractivity contribution in [2.24, 2.45) is 0 Å². The van der Waals surface area contributed by atoms with Crippen molar-refractivity contribution in [2.75, 3.05) is 5.32 Å². The molecule has 0 saturated heterocycles. The van der Waals surface area contributed by atoms with Crippen molar-refractivity contribution >= 4 is 28.6 Å². The zero-order chi connectivity index (χ0) is 11.4. The first-order valence-corrected chi connectivity index (χ1v) is 6.06. The van der Waals surface area contributed by atoms with Gasteiger partial charge in [-0.1, -0.05) is 23.7 Å². The predicted molar refractivity (Wildman–Crippen MR) is 67.7 cm³/mol. The van der Waals surface area contributed by atoms with E-state index in [4.69, 9.17) is 16.9 Å². The molecular formula is C12H9ClN2S. The number of rotatable bonds is 3. The minimum absolute atomic E-state index is 0.355. The lowest BCUT2D eigenvalue weighted by Crippen LogP contribution is -2.07. The Morgan fingerprint density at radius 2 is 2.12 bits per heavy atom. The van der Waals surface area contributed by atoms with E-state index in [0.29, 0.717) is 5.02 Å². The van der Waals surface area contributed by atoms with Crippen LogP contribution in [0.25, 0.3) is 0 Å². The zero-order valence-corrected chi connectivity index (χ0v) is 9.92. The first-order valence-electron chi connectivity index (χ1n) is 4.74. The van der Waals surface area contributed by atoms with Gasteiger partial charge in [0.2, 0.25) is 0 Å². The van der Waals surface area contributed by atoms with Crippen LogP contribution in [0.4, 0.5) is 5.69 Å². The fourth-order valence-electron chi connectivity index (χ4n) is 1.36. The summed E-state index contributed by atoms with van der Waals surface area (Å²) < 4.78 is 0. The van der Waals surface area contributed by atoms with Gasteiger partial charge in [0.15, 0.2) is 0 Å². The minimum atomic E-state index is -0.355. The summed E-state index contributed by atoms with van der Waals surface area (Å²) in [4.78, 5) is 0. The van der Waals surface area contributed by atoms with Gasteiger partial charge < -0.3 is 5.32 Å². The number of halogens is 1. The summed E-state index contributed by atoms with van der Waals surface area (Å²) in [5.41, 5.74) is 1.74. The number of para-hydroxylation sites is 1. The highest BCUT2D eigenvalue weighted by atomic mass is 35.5. The maximum atomic E-state index is 9.10. The van der Waals surface area contributed by atoms with Crippen molar-refractivity contribution in [1.82, 2.24) is 0 Å². The highest BCUT2D eigenvalue weighted by Crippen LogP contribution is 2.26. The molecule has 0 amide bonds. The Hall–Kier alpha value is -1.50. The van der Waals surface area contributed by atoms with E-state index in [-0.39, 0.29) is 6.04 Å². The number of nitriles is 1. The average Bonchev–Trinajstić information content (AvgIpc) is 2.81. The lowest BCUT2D eigenvalue weighted by atomic mass is 10.1. The van der Waals surface area contributed by atoms with Gasteiger partial charge in [-0.2, -0.15) is 16.6 Å². The number of thiophene rings is 1. The number of benzene rings is 1. The quantitative estimate of drug-likeness (QED) is 0.889. The van der Waals surface area contributed by atoms with Gasteiger partial charge in [0.25, 0.3) is 0 Å². The van der Waals surface area contributed by atoms with Crippen molar-refractivity contribution in [1.29, 1.82) is 5.26 Å². The minimum Gasteiger partial charge on any atom is -0.365 e. The first-order chi connectivity index (χ1) is 7.81. The van der Waals surface area contributed by atoms with E-state index in [2.05, 4.69) is 11.4 Å². The zero-order valence-electron chi connectivity index (χ0n) is 8.35. The Balaban J connectivity index is 2.21. The van der Waals surface area contributed by atoms with E-state index >= 15 is 0 Å². The molecular weight excluding hydrogens is 240 g/mol. The predicted octanol–water partition coefficient (Wildman–Crippen LogP) is 4.08. The van der Waals surface area contributed by atoms with Crippen LogP contribution in [0.3, 0.4) is 0 Å². The molecule has 0 bridgehead atoms. The second-order valence-electron chi connectivity index (χ2n) is 3.24. The number of nitrogens with zero attached hydrogens (tertiary/aromatic N) is 1. The van der Waals surface area contributed by atoms with Crippen molar-refractivity contribution in [3.8, 4) is 6.07 Å². The van der Waals surface area contributed by atoms with Crippen molar-refractivity contribution in [3.63, 3.8) is 0 Å². The fourth-order valence-corrected chi connectivity index (χ4v) is 2.24. The number of nitrogens with one attached hydrogen (secondary N) is 1. The monoisotopic (exact) mass is 248 g/mol. The Bertz CT molecular complexity index is 502. The molecule has 0 radical (unpaired) electrons. The van der Waals surface area contributed by atoms with Crippen LogP contribution in [0.2, 0.25) is 5.02 Å². The Morgan fingerprint density at radius 3 is 2.75 bits per heavy atom. The normalized spacial score (nSPS) is 11.8. The summed E-state index contributed by atoms with van der Waals surface area (Å²) in [6, 6.07) is 11.2. The van der Waals surface area contributed by atoms with E-state index in [0.717, 1.165) is 11.3 Å². The van der Waals surface area contributed by atoms with Crippen LogP contribution in [0, 0.1) is 11.3 Å². The third kappa shape index (κ3) is 2.35. The molecule has 1 aromatic carbocycles. The second kappa shape index (κ2) is 5.02. The van der Waals surface area contributed by atoms with E-state index < -0.39 is 0 Å². The highest BCUT2D eigenvalue weighted by Gasteiger charge is 2.11. The van der Waals surface area contributed by atoms with E-state index in [1.807, 2.05) is 35.0 Å². The van der Waals surface area contributed by atoms with Crippen LogP contribution in [0.5, 0.6) is 0 Å². The average molecular weight is 249 g/mol. The second-order valence-corrected chi connectivity index (χ2v) is 4.43. The van der Waals surface area contributed by atoms with E-state index in [1.54, 1.807) is 17.4 Å². The molecule has 1 N–H and O–H groups in total. The van der Waals surface area contributed by atoms with Gasteiger partial charge >= 0.3 is 0 Å². The maximum Gasteiger partial charge on any atom is 0.141 e. The Morgan fingerprint density at radius 1 is 1.31 bits per heavy atom. The molecule has 0 aliphatic carbocycles. The molecule has 80 valence electrons. The fraction of sp³-hybridized carbons (Fsp3) is 0.0833. The van der Waals surface area contributed by atoms with Crippen molar-refractivity contribution in [2.45, 2.75) is 6.04 Å². The molecule has 0 saturated carbocycles. The Kier molecular flexibility index (Phi) is 3.45. The molecule has 4 heteroatoms. The van der Waals surface area contributed by atoms with Gasteiger partial charge in [-0.3, -0.25) is 0 Å². The van der Waals surface area contributed by atoms with Gasteiger partial charge in [-0.15, -0.1) is 0 Å². The maximum absolute atomic E-state index is 9.10. The van der Waals surface area contributed by atoms with E-state index in [1.165, 1.54) is 0 Å². The molecule has 1 unspecified atom stereocenters. The summed E-state index contributed by atoms with van der Waals surface area (Å²) in [5.74, 6) is 0. The largest absolute Gasteiger partial charge is 0.365 e. The molecule has 2 aromatic rings. The molecule has 1 atom stereocenters. The molecule has 1 heterocycles. The van der Waals surface area contributed by atoms with Crippen LogP contribution in [-0.4, -0.2) is 0 Å². The third-order valence-electron chi connectivity index (χ3n) is 2.18. The molecule has 2 nitrogen and oxygen atoms in total. The highest BCUT2D eigenvalue weighted by molar-refractivity contribution is 7.08. The topological polar surface area (TPSA) is 35.8 Å². The molecule has 1 aromatic heterocycles. The van der Waals surface area contributed by atoms with Crippen LogP contribution < -0.4 is 5.32 Å². The SMILES string of the molecule is N#CC(Nc1ccccc1Cl)c1ccsc1. The first kappa shape index (κ1) is 11.0. The third-order valence-corrected chi connectivity index (χ3v) is 3.21. The smallest absolute Gasteiger partial charge is 0.141 e. The number of anilines is 1. The van der Waals surface area contributed by atoms with Crippen LogP contribution >= 0.6 is 22.9 Å². The van der Waals surface area contributed by atoms with Crippen LogP contribution in [0.1, 0.15) is 11.6 Å². The summed E-state index contributed by atoms with van der Waals surface area (Å²) in [7, 11) is 0.